The van der Waals surface area contributed by atoms with E-state index in [1.165, 1.54) is 17.0 Å². The Morgan fingerprint density at radius 1 is 1.11 bits per heavy atom. The Morgan fingerprint density at radius 3 is 2.63 bits per heavy atom. The Bertz CT molecular complexity index is 999. The molecule has 0 amide bonds. The third-order valence-electron chi connectivity index (χ3n) is 5.19. The van der Waals surface area contributed by atoms with Gasteiger partial charge in [0.1, 0.15) is 0 Å². The SMILES string of the molecule is Cc1cc([C@H]2[C@H](c3ccccn3)NC(=S)N2C)c(C)n1-c1cccc(Br)c1. The van der Waals surface area contributed by atoms with Crippen molar-refractivity contribution in [2.45, 2.75) is 25.9 Å². The van der Waals surface area contributed by atoms with Crippen molar-refractivity contribution >= 4 is 33.3 Å². The van der Waals surface area contributed by atoms with Crippen molar-refractivity contribution in [1.82, 2.24) is 19.8 Å². The molecule has 0 unspecified atom stereocenters. The number of hydrogen-bond acceptors (Lipinski definition) is 2. The summed E-state index contributed by atoms with van der Waals surface area (Å²) in [4.78, 5) is 6.71. The fraction of sp³-hybridized carbons (Fsp3) is 0.238. The zero-order valence-corrected chi connectivity index (χ0v) is 17.9. The average molecular weight is 441 g/mol. The smallest absolute Gasteiger partial charge is 0.169 e. The van der Waals surface area contributed by atoms with Crippen LogP contribution in [0.15, 0.2) is 59.2 Å². The Labute approximate surface area is 173 Å². The molecule has 2 aromatic heterocycles. The summed E-state index contributed by atoms with van der Waals surface area (Å²) in [5.74, 6) is 0. The highest BCUT2D eigenvalue weighted by Gasteiger charge is 2.39. The van der Waals surface area contributed by atoms with E-state index in [4.69, 9.17) is 12.2 Å². The van der Waals surface area contributed by atoms with Crippen molar-refractivity contribution in [1.29, 1.82) is 0 Å². The molecule has 0 aliphatic carbocycles. The number of thiocarbonyl (C=S) groups is 1. The van der Waals surface area contributed by atoms with Gasteiger partial charge in [0, 0.05) is 34.8 Å². The summed E-state index contributed by atoms with van der Waals surface area (Å²) in [6.45, 7) is 4.32. The van der Waals surface area contributed by atoms with Gasteiger partial charge >= 0.3 is 0 Å². The Kier molecular flexibility index (Phi) is 4.78. The van der Waals surface area contributed by atoms with Crippen molar-refractivity contribution in [2.75, 3.05) is 7.05 Å². The molecule has 4 rings (SSSR count). The van der Waals surface area contributed by atoms with Gasteiger partial charge in [-0.1, -0.05) is 28.1 Å². The van der Waals surface area contributed by atoms with Crippen LogP contribution in [0.25, 0.3) is 5.69 Å². The topological polar surface area (TPSA) is 33.1 Å². The molecule has 6 heteroatoms. The zero-order valence-electron chi connectivity index (χ0n) is 15.5. The molecule has 1 fully saturated rings. The molecule has 0 radical (unpaired) electrons. The molecule has 4 nitrogen and oxygen atoms in total. The van der Waals surface area contributed by atoms with Gasteiger partial charge in [0.25, 0.3) is 0 Å². The molecule has 2 atom stereocenters. The van der Waals surface area contributed by atoms with E-state index in [-0.39, 0.29) is 12.1 Å². The lowest BCUT2D eigenvalue weighted by Crippen LogP contribution is -2.25. The lowest BCUT2D eigenvalue weighted by Gasteiger charge is -2.24. The maximum Gasteiger partial charge on any atom is 0.169 e. The number of halogens is 1. The fourth-order valence-corrected chi connectivity index (χ4v) is 4.57. The van der Waals surface area contributed by atoms with Crippen LogP contribution in [-0.4, -0.2) is 26.6 Å². The zero-order chi connectivity index (χ0) is 19.1. The number of nitrogens with one attached hydrogen (secondary N) is 1. The van der Waals surface area contributed by atoms with Crippen molar-refractivity contribution in [3.8, 4) is 5.69 Å². The van der Waals surface area contributed by atoms with Gasteiger partial charge in [0.15, 0.2) is 5.11 Å². The number of aromatic nitrogens is 2. The predicted molar refractivity (Wildman–Crippen MR) is 116 cm³/mol. The van der Waals surface area contributed by atoms with Crippen molar-refractivity contribution < 1.29 is 0 Å². The number of benzene rings is 1. The number of likely N-dealkylation sites (N-methyl/N-ethyl adjacent to an activating group) is 1. The first-order chi connectivity index (χ1) is 13.0. The molecule has 0 spiro atoms. The number of nitrogens with zero attached hydrogens (tertiary/aromatic N) is 3. The molecule has 3 heterocycles. The van der Waals surface area contributed by atoms with Crippen LogP contribution in [0.4, 0.5) is 0 Å². The maximum absolute atomic E-state index is 5.56. The van der Waals surface area contributed by atoms with E-state index in [0.29, 0.717) is 0 Å². The number of pyridine rings is 1. The van der Waals surface area contributed by atoms with Crippen LogP contribution < -0.4 is 5.32 Å². The molecule has 27 heavy (non-hydrogen) atoms. The third-order valence-corrected chi connectivity index (χ3v) is 6.09. The largest absolute Gasteiger partial charge is 0.352 e. The lowest BCUT2D eigenvalue weighted by molar-refractivity contribution is 0.367. The molecule has 3 aromatic rings. The summed E-state index contributed by atoms with van der Waals surface area (Å²) >= 11 is 9.15. The summed E-state index contributed by atoms with van der Waals surface area (Å²) in [7, 11) is 2.05. The standard InChI is InChI=1S/C21H21BrN4S/c1-13-11-17(14(2)26(13)16-8-6-7-15(22)12-16)20-19(24-21(27)25(20)3)18-9-4-5-10-23-18/h4-12,19-20H,1-3H3,(H,24,27)/t19-,20-/m0/s1. The van der Waals surface area contributed by atoms with Crippen molar-refractivity contribution in [3.63, 3.8) is 0 Å². The minimum Gasteiger partial charge on any atom is -0.352 e. The van der Waals surface area contributed by atoms with Crippen LogP contribution in [0.5, 0.6) is 0 Å². The van der Waals surface area contributed by atoms with Crippen LogP contribution in [0.2, 0.25) is 0 Å². The van der Waals surface area contributed by atoms with Crippen LogP contribution in [0.1, 0.15) is 34.7 Å². The minimum absolute atomic E-state index is 0.0279. The summed E-state index contributed by atoms with van der Waals surface area (Å²) in [5, 5.41) is 4.20. The normalized spacial score (nSPS) is 19.4. The highest BCUT2D eigenvalue weighted by Crippen LogP contribution is 2.40. The van der Waals surface area contributed by atoms with E-state index in [1.54, 1.807) is 0 Å². The van der Waals surface area contributed by atoms with Crippen LogP contribution >= 0.6 is 28.1 Å². The van der Waals surface area contributed by atoms with E-state index in [1.807, 2.05) is 31.4 Å². The molecule has 0 bridgehead atoms. The van der Waals surface area contributed by atoms with E-state index in [0.717, 1.165) is 21.0 Å². The fourth-order valence-electron chi connectivity index (χ4n) is 3.95. The molecule has 1 aliphatic heterocycles. The number of aryl methyl sites for hydroxylation is 1. The molecule has 1 saturated heterocycles. The Morgan fingerprint density at radius 2 is 1.93 bits per heavy atom. The summed E-state index contributed by atoms with van der Waals surface area (Å²) < 4.78 is 3.37. The number of rotatable bonds is 3. The molecular weight excluding hydrogens is 420 g/mol. The molecular formula is C21H21BrN4S. The second-order valence-corrected chi connectivity index (χ2v) is 8.18. The Balaban J connectivity index is 1.82. The van der Waals surface area contributed by atoms with Gasteiger partial charge in [0.05, 0.1) is 17.8 Å². The minimum atomic E-state index is 0.0279. The molecule has 1 N–H and O–H groups in total. The van der Waals surface area contributed by atoms with Crippen molar-refractivity contribution in [2.24, 2.45) is 0 Å². The predicted octanol–water partition coefficient (Wildman–Crippen LogP) is 4.85. The van der Waals surface area contributed by atoms with Gasteiger partial charge in [-0.3, -0.25) is 4.98 Å². The van der Waals surface area contributed by atoms with E-state index < -0.39 is 0 Å². The van der Waals surface area contributed by atoms with Gasteiger partial charge in [-0.25, -0.2) is 0 Å². The summed E-state index contributed by atoms with van der Waals surface area (Å²) in [6.07, 6.45) is 1.83. The highest BCUT2D eigenvalue weighted by atomic mass is 79.9. The lowest BCUT2D eigenvalue weighted by atomic mass is 9.97. The number of hydrogen-bond donors (Lipinski definition) is 1. The summed E-state index contributed by atoms with van der Waals surface area (Å²) in [6, 6.07) is 16.8. The van der Waals surface area contributed by atoms with Crippen LogP contribution in [0, 0.1) is 13.8 Å². The van der Waals surface area contributed by atoms with E-state index >= 15 is 0 Å². The van der Waals surface area contributed by atoms with Gasteiger partial charge in [0.2, 0.25) is 0 Å². The molecule has 0 saturated carbocycles. The first kappa shape index (κ1) is 18.2. The second kappa shape index (κ2) is 7.09. The van der Waals surface area contributed by atoms with Gasteiger partial charge in [-0.2, -0.15) is 0 Å². The molecule has 138 valence electrons. The van der Waals surface area contributed by atoms with E-state index in [9.17, 15) is 0 Å². The second-order valence-electron chi connectivity index (χ2n) is 6.88. The highest BCUT2D eigenvalue weighted by molar-refractivity contribution is 9.10. The van der Waals surface area contributed by atoms with Gasteiger partial charge in [-0.15, -0.1) is 0 Å². The third kappa shape index (κ3) is 3.17. The molecule has 1 aliphatic rings. The Hall–Kier alpha value is -2.18. The first-order valence-electron chi connectivity index (χ1n) is 8.86. The quantitative estimate of drug-likeness (QED) is 0.589. The average Bonchev–Trinajstić information content (AvgIpc) is 3.11. The summed E-state index contributed by atoms with van der Waals surface area (Å²) in [5.41, 5.74) is 5.83. The first-order valence-corrected chi connectivity index (χ1v) is 10.1. The monoisotopic (exact) mass is 440 g/mol. The van der Waals surface area contributed by atoms with Gasteiger partial charge < -0.3 is 14.8 Å². The van der Waals surface area contributed by atoms with Crippen LogP contribution in [0.3, 0.4) is 0 Å². The van der Waals surface area contributed by atoms with E-state index in [2.05, 4.69) is 79.9 Å². The van der Waals surface area contributed by atoms with Crippen molar-refractivity contribution in [3.05, 3.63) is 81.8 Å². The maximum atomic E-state index is 5.56. The van der Waals surface area contributed by atoms with Crippen LogP contribution in [-0.2, 0) is 0 Å². The van der Waals surface area contributed by atoms with Gasteiger partial charge in [-0.05, 0) is 68.0 Å². The molecule has 1 aromatic carbocycles.